The highest BCUT2D eigenvalue weighted by molar-refractivity contribution is 5.89. The van der Waals surface area contributed by atoms with Crippen molar-refractivity contribution in [3.05, 3.63) is 0 Å². The van der Waals surface area contributed by atoms with E-state index in [1.165, 1.54) is 6.42 Å². The molecule has 0 unspecified atom stereocenters. The number of nitrogens with one attached hydrogen (secondary N) is 1. The van der Waals surface area contributed by atoms with E-state index in [-0.39, 0.29) is 29.1 Å². The second-order valence-corrected chi connectivity index (χ2v) is 10.3. The average Bonchev–Trinajstić information content (AvgIpc) is 2.41. The van der Waals surface area contributed by atoms with Gasteiger partial charge in [-0.3, -0.25) is 9.59 Å². The zero-order valence-electron chi connectivity index (χ0n) is 18.3. The van der Waals surface area contributed by atoms with Crippen molar-refractivity contribution >= 4 is 11.7 Å². The molecule has 1 N–H and O–H groups in total. The first kappa shape index (κ1) is 24.1. The van der Waals surface area contributed by atoms with E-state index in [1.807, 2.05) is 13.8 Å². The van der Waals surface area contributed by atoms with Gasteiger partial charge in [-0.25, -0.2) is 0 Å². The number of Topliss-reactive ketones (excluding diaryl/α,β-unsaturated/α-hetero) is 1. The number of carbonyl (C=O) groups excluding carboxylic acids is 2. The second-order valence-electron chi connectivity index (χ2n) is 10.3. The first-order chi connectivity index (χ1) is 11.2. The van der Waals surface area contributed by atoms with Crippen LogP contribution in [0, 0.1) is 22.7 Å². The highest BCUT2D eigenvalue weighted by Gasteiger charge is 2.29. The quantitative estimate of drug-likeness (QED) is 0.507. The molecule has 0 spiro atoms. The number of rotatable bonds is 10. The monoisotopic (exact) mass is 353 g/mol. The average molecular weight is 354 g/mol. The van der Waals surface area contributed by atoms with Gasteiger partial charge in [0.1, 0.15) is 0 Å². The predicted molar refractivity (Wildman–Crippen MR) is 108 cm³/mol. The summed E-state index contributed by atoms with van der Waals surface area (Å²) < 4.78 is 0. The largest absolute Gasteiger partial charge is 0.346 e. The maximum absolute atomic E-state index is 12.6. The van der Waals surface area contributed by atoms with Gasteiger partial charge in [0.2, 0.25) is 5.91 Å². The fourth-order valence-electron chi connectivity index (χ4n) is 2.72. The van der Waals surface area contributed by atoms with Crippen molar-refractivity contribution in [2.75, 3.05) is 0 Å². The molecular formula is C22H43NO2. The van der Waals surface area contributed by atoms with Crippen molar-refractivity contribution in [2.24, 2.45) is 22.7 Å². The summed E-state index contributed by atoms with van der Waals surface area (Å²) in [5.41, 5.74) is 0.468. The lowest BCUT2D eigenvalue weighted by Crippen LogP contribution is -2.45. The van der Waals surface area contributed by atoms with E-state index in [9.17, 15) is 9.59 Å². The van der Waals surface area contributed by atoms with Crippen LogP contribution >= 0.6 is 0 Å². The van der Waals surface area contributed by atoms with Gasteiger partial charge < -0.3 is 5.32 Å². The van der Waals surface area contributed by atoms with Crippen LogP contribution in [0.4, 0.5) is 0 Å². The van der Waals surface area contributed by atoms with Crippen LogP contribution in [-0.4, -0.2) is 17.7 Å². The highest BCUT2D eigenvalue weighted by Crippen LogP contribution is 2.29. The molecule has 0 aromatic rings. The van der Waals surface area contributed by atoms with Crippen molar-refractivity contribution in [1.29, 1.82) is 0 Å². The van der Waals surface area contributed by atoms with Gasteiger partial charge in [-0.1, -0.05) is 75.2 Å². The smallest absolute Gasteiger partial charge is 0.220 e. The minimum atomic E-state index is -0.355. The molecule has 0 saturated heterocycles. The lowest BCUT2D eigenvalue weighted by atomic mass is 9.78. The Morgan fingerprint density at radius 2 is 1.44 bits per heavy atom. The topological polar surface area (TPSA) is 46.2 Å². The Kier molecular flexibility index (Phi) is 9.97. The fraction of sp³-hybridized carbons (Fsp3) is 0.909. The Balaban J connectivity index is 4.38. The summed E-state index contributed by atoms with van der Waals surface area (Å²) in [5.74, 6) is 0.616. The molecule has 148 valence electrons. The SMILES string of the molecule is CC(C)[C@H](NC(=O)CCCCCC(C)(C)C)C(=O)C[C@@H](C)C(C)(C)C. The molecule has 3 nitrogen and oxygen atoms in total. The molecule has 1 amide bonds. The number of hydrogen-bond acceptors (Lipinski definition) is 2. The summed E-state index contributed by atoms with van der Waals surface area (Å²) in [6, 6.07) is -0.355. The van der Waals surface area contributed by atoms with Gasteiger partial charge in [-0.2, -0.15) is 0 Å². The predicted octanol–water partition coefficient (Wildman–Crippen LogP) is 5.77. The molecule has 0 radical (unpaired) electrons. The van der Waals surface area contributed by atoms with E-state index in [1.54, 1.807) is 0 Å². The zero-order valence-corrected chi connectivity index (χ0v) is 18.3. The van der Waals surface area contributed by atoms with Crippen LogP contribution in [0.5, 0.6) is 0 Å². The third-order valence-electron chi connectivity index (χ3n) is 5.15. The van der Waals surface area contributed by atoms with Crippen LogP contribution in [0.1, 0.15) is 101 Å². The van der Waals surface area contributed by atoms with E-state index >= 15 is 0 Å². The molecule has 2 atom stereocenters. The Bertz CT molecular complexity index is 413. The van der Waals surface area contributed by atoms with Gasteiger partial charge in [0.25, 0.3) is 0 Å². The maximum Gasteiger partial charge on any atom is 0.220 e. The van der Waals surface area contributed by atoms with Crippen molar-refractivity contribution in [3.63, 3.8) is 0 Å². The van der Waals surface area contributed by atoms with Crippen molar-refractivity contribution in [2.45, 2.75) is 107 Å². The van der Waals surface area contributed by atoms with Crippen LogP contribution in [-0.2, 0) is 9.59 Å². The molecule has 25 heavy (non-hydrogen) atoms. The highest BCUT2D eigenvalue weighted by atomic mass is 16.2. The lowest BCUT2D eigenvalue weighted by Gasteiger charge is -2.29. The van der Waals surface area contributed by atoms with Crippen molar-refractivity contribution in [1.82, 2.24) is 5.32 Å². The fourth-order valence-corrected chi connectivity index (χ4v) is 2.72. The van der Waals surface area contributed by atoms with Gasteiger partial charge in [0.15, 0.2) is 5.78 Å². The van der Waals surface area contributed by atoms with Gasteiger partial charge in [0, 0.05) is 12.8 Å². The first-order valence-electron chi connectivity index (χ1n) is 10.1. The Labute approximate surface area is 156 Å². The van der Waals surface area contributed by atoms with Crippen LogP contribution in [0.2, 0.25) is 0 Å². The molecule has 0 saturated carbocycles. The molecule has 0 aliphatic rings. The van der Waals surface area contributed by atoms with Crippen molar-refractivity contribution in [3.8, 4) is 0 Å². The minimum Gasteiger partial charge on any atom is -0.346 e. The summed E-state index contributed by atoms with van der Waals surface area (Å²) in [5, 5.41) is 2.99. The molecule has 0 bridgehead atoms. The molecule has 0 fully saturated rings. The summed E-state index contributed by atoms with van der Waals surface area (Å²) in [6.45, 7) is 19.3. The summed E-state index contributed by atoms with van der Waals surface area (Å²) in [7, 11) is 0. The van der Waals surface area contributed by atoms with E-state index < -0.39 is 0 Å². The van der Waals surface area contributed by atoms with E-state index in [0.29, 0.717) is 24.2 Å². The lowest BCUT2D eigenvalue weighted by molar-refractivity contribution is -0.129. The van der Waals surface area contributed by atoms with E-state index in [4.69, 9.17) is 0 Å². The molecule has 0 aliphatic carbocycles. The maximum atomic E-state index is 12.6. The van der Waals surface area contributed by atoms with Gasteiger partial charge in [0.05, 0.1) is 6.04 Å². The summed E-state index contributed by atoms with van der Waals surface area (Å²) >= 11 is 0. The van der Waals surface area contributed by atoms with Gasteiger partial charge >= 0.3 is 0 Å². The molecular weight excluding hydrogens is 310 g/mol. The Morgan fingerprint density at radius 3 is 1.88 bits per heavy atom. The van der Waals surface area contributed by atoms with Gasteiger partial charge in [-0.05, 0) is 35.5 Å². The standard InChI is InChI=1S/C22H43NO2/c1-16(2)20(18(24)15-17(3)22(7,8)9)23-19(25)13-11-10-12-14-21(4,5)6/h16-17,20H,10-15H2,1-9H3,(H,23,25)/t17-,20+/m1/s1. The Morgan fingerprint density at radius 1 is 0.880 bits per heavy atom. The van der Waals surface area contributed by atoms with Gasteiger partial charge in [-0.15, -0.1) is 0 Å². The minimum absolute atomic E-state index is 0.0196. The number of ketones is 1. The van der Waals surface area contributed by atoms with E-state index in [2.05, 4.69) is 53.8 Å². The van der Waals surface area contributed by atoms with Crippen LogP contribution < -0.4 is 5.32 Å². The van der Waals surface area contributed by atoms with Crippen molar-refractivity contribution < 1.29 is 9.59 Å². The van der Waals surface area contributed by atoms with Crippen LogP contribution in [0.25, 0.3) is 0 Å². The third-order valence-corrected chi connectivity index (χ3v) is 5.15. The first-order valence-corrected chi connectivity index (χ1v) is 10.1. The summed E-state index contributed by atoms with van der Waals surface area (Å²) in [4.78, 5) is 24.9. The number of unbranched alkanes of at least 4 members (excludes halogenated alkanes) is 2. The van der Waals surface area contributed by atoms with E-state index in [0.717, 1.165) is 19.3 Å². The van der Waals surface area contributed by atoms with Crippen LogP contribution in [0.15, 0.2) is 0 Å². The zero-order chi connectivity index (χ0) is 19.8. The normalized spacial score (nSPS) is 15.1. The molecule has 0 aromatic heterocycles. The molecule has 0 aliphatic heterocycles. The molecule has 3 heteroatoms. The second kappa shape index (κ2) is 10.3. The number of hydrogen-bond donors (Lipinski definition) is 1. The third kappa shape index (κ3) is 11.4. The Hall–Kier alpha value is -0.860. The molecule has 0 aromatic carbocycles. The number of amides is 1. The summed E-state index contributed by atoms with van der Waals surface area (Å²) in [6.07, 6.45) is 5.37. The van der Waals surface area contributed by atoms with Crippen LogP contribution in [0.3, 0.4) is 0 Å². The molecule has 0 rings (SSSR count). The molecule has 0 heterocycles. The number of carbonyl (C=O) groups is 2.